The number of rotatable bonds is 3. The lowest BCUT2D eigenvalue weighted by Gasteiger charge is -2.24. The highest BCUT2D eigenvalue weighted by atomic mass is 19.4. The first kappa shape index (κ1) is 16.9. The van der Waals surface area contributed by atoms with Crippen molar-refractivity contribution in [1.29, 1.82) is 5.26 Å². The fourth-order valence-electron chi connectivity index (χ4n) is 2.57. The van der Waals surface area contributed by atoms with Crippen molar-refractivity contribution in [3.05, 3.63) is 41.7 Å². The van der Waals surface area contributed by atoms with Gasteiger partial charge in [-0.3, -0.25) is 9.48 Å². The first-order valence-electron chi connectivity index (χ1n) is 7.15. The molecule has 25 heavy (non-hydrogen) atoms. The lowest BCUT2D eigenvalue weighted by Crippen LogP contribution is -2.40. The number of amides is 1. The minimum Gasteiger partial charge on any atom is -0.312 e. The Bertz CT molecular complexity index is 879. The molecule has 1 saturated carbocycles. The van der Waals surface area contributed by atoms with E-state index in [1.807, 2.05) is 0 Å². The van der Waals surface area contributed by atoms with Crippen molar-refractivity contribution in [2.45, 2.75) is 24.6 Å². The molecule has 0 aliphatic heterocycles. The Morgan fingerprint density at radius 2 is 2.08 bits per heavy atom. The topological polar surface area (TPSA) is 74.8 Å². The van der Waals surface area contributed by atoms with E-state index in [1.54, 1.807) is 0 Å². The van der Waals surface area contributed by atoms with Crippen LogP contribution in [0.15, 0.2) is 24.7 Å². The molecule has 2 aromatic rings. The lowest BCUT2D eigenvalue weighted by atomic mass is 10.1. The highest BCUT2D eigenvalue weighted by molar-refractivity contribution is 6.00. The minimum atomic E-state index is -4.78. The second kappa shape index (κ2) is 5.54. The lowest BCUT2D eigenvalue weighted by molar-refractivity contribution is -0.138. The quantitative estimate of drug-likeness (QED) is 0.795. The van der Waals surface area contributed by atoms with Gasteiger partial charge in [-0.15, -0.1) is 0 Å². The molecule has 2 heterocycles. The molecule has 130 valence electrons. The van der Waals surface area contributed by atoms with Crippen LogP contribution in [0.25, 0.3) is 0 Å². The summed E-state index contributed by atoms with van der Waals surface area (Å²) in [4.78, 5) is 17.2. The van der Waals surface area contributed by atoms with E-state index >= 15 is 0 Å². The third-order valence-electron chi connectivity index (χ3n) is 4.09. The van der Waals surface area contributed by atoms with Gasteiger partial charge in [-0.1, -0.05) is 0 Å². The van der Waals surface area contributed by atoms with Gasteiger partial charge >= 0.3 is 6.18 Å². The van der Waals surface area contributed by atoms with E-state index in [-0.39, 0.29) is 5.69 Å². The van der Waals surface area contributed by atoms with Gasteiger partial charge in [-0.05, 0) is 18.9 Å². The molecule has 0 aromatic carbocycles. The van der Waals surface area contributed by atoms with Crippen LogP contribution in [0, 0.1) is 17.1 Å². The van der Waals surface area contributed by atoms with Crippen molar-refractivity contribution in [1.82, 2.24) is 14.8 Å². The minimum absolute atomic E-state index is 0.116. The Balaban J connectivity index is 1.95. The maximum absolute atomic E-state index is 13.2. The van der Waals surface area contributed by atoms with E-state index in [0.717, 1.165) is 23.5 Å². The molecule has 0 saturated heterocycles. The van der Waals surface area contributed by atoms with Gasteiger partial charge in [0.2, 0.25) is 0 Å². The number of carbonyl (C=O) groups excluding carboxylic acids is 1. The third-order valence-corrected chi connectivity index (χ3v) is 4.09. The smallest absolute Gasteiger partial charge is 0.312 e. The highest BCUT2D eigenvalue weighted by Crippen LogP contribution is 2.45. The van der Waals surface area contributed by atoms with Gasteiger partial charge in [-0.25, -0.2) is 9.37 Å². The molecule has 6 nitrogen and oxygen atoms in total. The molecule has 0 unspecified atom stereocenters. The van der Waals surface area contributed by atoms with Gasteiger partial charge in [0.05, 0.1) is 29.8 Å². The van der Waals surface area contributed by atoms with Crippen molar-refractivity contribution in [3.63, 3.8) is 0 Å². The van der Waals surface area contributed by atoms with Crippen molar-refractivity contribution in [2.75, 3.05) is 11.9 Å². The van der Waals surface area contributed by atoms with E-state index < -0.39 is 34.7 Å². The zero-order chi connectivity index (χ0) is 18.4. The zero-order valence-electron chi connectivity index (χ0n) is 12.9. The summed E-state index contributed by atoms with van der Waals surface area (Å²) in [6.45, 7) is 0. The molecular weight excluding hydrogens is 342 g/mol. The second-order valence-corrected chi connectivity index (χ2v) is 5.70. The molecular formula is C15H11F4N5O. The van der Waals surface area contributed by atoms with Crippen molar-refractivity contribution >= 4 is 11.6 Å². The van der Waals surface area contributed by atoms with Crippen LogP contribution >= 0.6 is 0 Å². The fraction of sp³-hybridized carbons (Fsp3) is 0.333. The number of carbonyl (C=O) groups is 1. The number of alkyl halides is 3. The SMILES string of the molecule is CN(C(=O)C1(n2cc(F)cn2)CC1)c1cnc(C#N)c(C(F)(F)F)c1. The Kier molecular flexibility index (Phi) is 3.74. The summed E-state index contributed by atoms with van der Waals surface area (Å²) in [5.74, 6) is -1.14. The van der Waals surface area contributed by atoms with E-state index in [1.165, 1.54) is 17.8 Å². The van der Waals surface area contributed by atoms with Gasteiger partial charge in [0.25, 0.3) is 5.91 Å². The largest absolute Gasteiger partial charge is 0.419 e. The van der Waals surface area contributed by atoms with Crippen molar-refractivity contribution in [3.8, 4) is 6.07 Å². The number of likely N-dealkylation sites (N-methyl/N-ethyl adjacent to an activating group) is 1. The number of hydrogen-bond acceptors (Lipinski definition) is 4. The standard InChI is InChI=1S/C15H11F4N5O/c1-23(10-4-11(15(17,18)19)12(5-20)21-7-10)13(25)14(2-3-14)24-8-9(16)6-22-24/h4,6-8H,2-3H2,1H3. The molecule has 0 spiro atoms. The molecule has 0 N–H and O–H groups in total. The van der Waals surface area contributed by atoms with Gasteiger partial charge in [0.15, 0.2) is 11.5 Å². The molecule has 1 fully saturated rings. The van der Waals surface area contributed by atoms with E-state index in [9.17, 15) is 22.4 Å². The maximum atomic E-state index is 13.2. The molecule has 0 radical (unpaired) electrons. The summed E-state index contributed by atoms with van der Waals surface area (Å²) in [5.41, 5.74) is -3.21. The number of nitriles is 1. The predicted molar refractivity (Wildman–Crippen MR) is 76.8 cm³/mol. The van der Waals surface area contributed by atoms with E-state index in [4.69, 9.17) is 5.26 Å². The normalized spacial score (nSPS) is 15.5. The molecule has 2 aromatic heterocycles. The first-order chi connectivity index (χ1) is 11.7. The van der Waals surface area contributed by atoms with Crippen LogP contribution in [0.5, 0.6) is 0 Å². The number of anilines is 1. The number of nitrogens with zero attached hydrogens (tertiary/aromatic N) is 5. The molecule has 0 bridgehead atoms. The third kappa shape index (κ3) is 2.82. The van der Waals surface area contributed by atoms with E-state index in [2.05, 4.69) is 10.1 Å². The Morgan fingerprint density at radius 3 is 2.56 bits per heavy atom. The van der Waals surface area contributed by atoms with Crippen LogP contribution in [0.3, 0.4) is 0 Å². The van der Waals surface area contributed by atoms with E-state index in [0.29, 0.717) is 18.9 Å². The molecule has 1 aliphatic carbocycles. The second-order valence-electron chi connectivity index (χ2n) is 5.70. The number of halogens is 4. The summed E-state index contributed by atoms with van der Waals surface area (Å²) >= 11 is 0. The molecule has 0 atom stereocenters. The van der Waals surface area contributed by atoms with Gasteiger partial charge in [0.1, 0.15) is 11.6 Å². The highest BCUT2D eigenvalue weighted by Gasteiger charge is 2.54. The average molecular weight is 353 g/mol. The predicted octanol–water partition coefficient (Wildman–Crippen LogP) is 2.46. The summed E-state index contributed by atoms with van der Waals surface area (Å²) < 4.78 is 53.5. The number of aromatic nitrogens is 3. The van der Waals surface area contributed by atoms with Crippen molar-refractivity contribution < 1.29 is 22.4 Å². The molecule has 1 aliphatic rings. The van der Waals surface area contributed by atoms with Crippen LogP contribution in [0.4, 0.5) is 23.2 Å². The Labute approximate surface area is 139 Å². The average Bonchev–Trinajstić information content (AvgIpc) is 3.27. The fourth-order valence-corrected chi connectivity index (χ4v) is 2.57. The first-order valence-corrected chi connectivity index (χ1v) is 7.15. The summed E-state index contributed by atoms with van der Waals surface area (Å²) in [5, 5.41) is 12.6. The number of hydrogen-bond donors (Lipinski definition) is 0. The van der Waals surface area contributed by atoms with Crippen LogP contribution < -0.4 is 4.90 Å². The maximum Gasteiger partial charge on any atom is 0.419 e. The van der Waals surface area contributed by atoms with Crippen LogP contribution in [-0.4, -0.2) is 27.7 Å². The monoisotopic (exact) mass is 353 g/mol. The zero-order valence-corrected chi connectivity index (χ0v) is 12.9. The Morgan fingerprint density at radius 1 is 1.40 bits per heavy atom. The Hall–Kier alpha value is -2.96. The van der Waals surface area contributed by atoms with Crippen LogP contribution in [0.2, 0.25) is 0 Å². The van der Waals surface area contributed by atoms with Gasteiger partial charge in [-0.2, -0.15) is 23.5 Å². The molecule has 10 heteroatoms. The number of pyridine rings is 1. The summed E-state index contributed by atoms with van der Waals surface area (Å²) in [6, 6.07) is 2.08. The van der Waals surface area contributed by atoms with Gasteiger partial charge in [0, 0.05) is 7.05 Å². The summed E-state index contributed by atoms with van der Waals surface area (Å²) in [7, 11) is 1.30. The van der Waals surface area contributed by atoms with Crippen LogP contribution in [-0.2, 0) is 16.5 Å². The van der Waals surface area contributed by atoms with Crippen LogP contribution in [0.1, 0.15) is 24.1 Å². The van der Waals surface area contributed by atoms with Gasteiger partial charge < -0.3 is 4.90 Å². The summed E-state index contributed by atoms with van der Waals surface area (Å²) in [6.07, 6.45) is -0.943. The van der Waals surface area contributed by atoms with Crippen molar-refractivity contribution in [2.24, 2.45) is 0 Å². The molecule has 3 rings (SSSR count). The molecule has 1 amide bonds.